The summed E-state index contributed by atoms with van der Waals surface area (Å²) in [6.45, 7) is 2.76. The van der Waals surface area contributed by atoms with Gasteiger partial charge in [-0.15, -0.1) is 6.42 Å². The molecule has 0 aliphatic carbocycles. The number of terminal acetylenes is 1. The number of benzene rings is 2. The summed E-state index contributed by atoms with van der Waals surface area (Å²) in [4.78, 5) is 14.4. The fourth-order valence-corrected chi connectivity index (χ4v) is 2.89. The number of rotatable bonds is 9. The Morgan fingerprint density at radius 2 is 1.93 bits per heavy atom. The summed E-state index contributed by atoms with van der Waals surface area (Å²) in [6, 6.07) is 11.3. The molecule has 1 atom stereocenters. The maximum atomic E-state index is 13.1. The van der Waals surface area contributed by atoms with E-state index < -0.39 is 0 Å². The zero-order valence-electron chi connectivity index (χ0n) is 16.4. The van der Waals surface area contributed by atoms with Crippen LogP contribution < -0.4 is 14.8 Å². The van der Waals surface area contributed by atoms with E-state index in [9.17, 15) is 9.18 Å². The SMILES string of the molecule is C#CCN(CC(=O)NC(C)c1cc(OC)ccc1OC)Cc1ccc(F)cc1. The molecule has 0 heterocycles. The summed E-state index contributed by atoms with van der Waals surface area (Å²) in [5.41, 5.74) is 1.70. The van der Waals surface area contributed by atoms with Crippen LogP contribution in [0.3, 0.4) is 0 Å². The molecule has 6 heteroatoms. The second kappa shape index (κ2) is 10.3. The Kier molecular flexibility index (Phi) is 7.85. The monoisotopic (exact) mass is 384 g/mol. The average molecular weight is 384 g/mol. The van der Waals surface area contributed by atoms with Crippen molar-refractivity contribution in [2.75, 3.05) is 27.3 Å². The maximum absolute atomic E-state index is 13.1. The lowest BCUT2D eigenvalue weighted by Gasteiger charge is -2.22. The number of carbonyl (C=O) groups is 1. The first-order valence-corrected chi connectivity index (χ1v) is 8.88. The lowest BCUT2D eigenvalue weighted by Crippen LogP contribution is -2.38. The highest BCUT2D eigenvalue weighted by Crippen LogP contribution is 2.29. The maximum Gasteiger partial charge on any atom is 0.234 e. The lowest BCUT2D eigenvalue weighted by molar-refractivity contribution is -0.122. The number of nitrogens with zero attached hydrogens (tertiary/aromatic N) is 1. The minimum absolute atomic E-state index is 0.123. The highest BCUT2D eigenvalue weighted by Gasteiger charge is 2.17. The Balaban J connectivity index is 2.03. The molecular formula is C22H25FN2O3. The van der Waals surface area contributed by atoms with Gasteiger partial charge in [0.05, 0.1) is 33.4 Å². The van der Waals surface area contributed by atoms with Crippen molar-refractivity contribution < 1.29 is 18.7 Å². The molecule has 2 aromatic carbocycles. The van der Waals surface area contributed by atoms with Crippen LogP contribution in [-0.2, 0) is 11.3 Å². The van der Waals surface area contributed by atoms with Gasteiger partial charge in [0.2, 0.25) is 5.91 Å². The van der Waals surface area contributed by atoms with Crippen LogP contribution in [0.1, 0.15) is 24.1 Å². The molecule has 2 rings (SSSR count). The van der Waals surface area contributed by atoms with Crippen LogP contribution in [0, 0.1) is 18.2 Å². The van der Waals surface area contributed by atoms with Crippen LogP contribution in [-0.4, -0.2) is 38.1 Å². The topological polar surface area (TPSA) is 50.8 Å². The van der Waals surface area contributed by atoms with Crippen LogP contribution in [0.4, 0.5) is 4.39 Å². The van der Waals surface area contributed by atoms with Crippen LogP contribution in [0.15, 0.2) is 42.5 Å². The van der Waals surface area contributed by atoms with Crippen molar-refractivity contribution >= 4 is 5.91 Å². The zero-order chi connectivity index (χ0) is 20.5. The van der Waals surface area contributed by atoms with E-state index in [-0.39, 0.29) is 24.3 Å². The zero-order valence-corrected chi connectivity index (χ0v) is 16.4. The predicted molar refractivity (Wildman–Crippen MR) is 107 cm³/mol. The molecule has 0 spiro atoms. The van der Waals surface area contributed by atoms with Gasteiger partial charge in [-0.3, -0.25) is 9.69 Å². The number of ether oxygens (including phenoxy) is 2. The first-order valence-electron chi connectivity index (χ1n) is 8.88. The van der Waals surface area contributed by atoms with Crippen molar-refractivity contribution in [2.45, 2.75) is 19.5 Å². The first kappa shape index (κ1) is 21.3. The fourth-order valence-electron chi connectivity index (χ4n) is 2.89. The largest absolute Gasteiger partial charge is 0.497 e. The molecule has 148 valence electrons. The molecule has 2 aromatic rings. The second-order valence-electron chi connectivity index (χ2n) is 6.37. The molecule has 0 aliphatic heterocycles. The van der Waals surface area contributed by atoms with E-state index in [1.165, 1.54) is 12.1 Å². The molecule has 0 aliphatic rings. The molecular weight excluding hydrogens is 359 g/mol. The van der Waals surface area contributed by atoms with Crippen molar-refractivity contribution in [3.8, 4) is 23.8 Å². The van der Waals surface area contributed by atoms with Gasteiger partial charge in [-0.1, -0.05) is 18.1 Å². The summed E-state index contributed by atoms with van der Waals surface area (Å²) in [5.74, 6) is 3.44. The number of halogens is 1. The molecule has 1 N–H and O–H groups in total. The van der Waals surface area contributed by atoms with Crippen molar-refractivity contribution in [1.82, 2.24) is 10.2 Å². The summed E-state index contributed by atoms with van der Waals surface area (Å²) in [6.07, 6.45) is 5.43. The Morgan fingerprint density at radius 1 is 1.21 bits per heavy atom. The van der Waals surface area contributed by atoms with Gasteiger partial charge in [0.1, 0.15) is 17.3 Å². The van der Waals surface area contributed by atoms with E-state index in [1.807, 2.05) is 17.9 Å². The summed E-state index contributed by atoms with van der Waals surface area (Å²) >= 11 is 0. The van der Waals surface area contributed by atoms with E-state index in [4.69, 9.17) is 15.9 Å². The lowest BCUT2D eigenvalue weighted by atomic mass is 10.1. The highest BCUT2D eigenvalue weighted by atomic mass is 19.1. The van der Waals surface area contributed by atoms with Gasteiger partial charge in [0.15, 0.2) is 0 Å². The van der Waals surface area contributed by atoms with Gasteiger partial charge in [-0.05, 0) is 42.8 Å². The molecule has 0 radical (unpaired) electrons. The van der Waals surface area contributed by atoms with E-state index >= 15 is 0 Å². The third-order valence-electron chi connectivity index (χ3n) is 4.28. The fraction of sp³-hybridized carbons (Fsp3) is 0.318. The Morgan fingerprint density at radius 3 is 2.54 bits per heavy atom. The smallest absolute Gasteiger partial charge is 0.234 e. The number of amides is 1. The van der Waals surface area contributed by atoms with Gasteiger partial charge < -0.3 is 14.8 Å². The Hall–Kier alpha value is -3.04. The number of hydrogen-bond donors (Lipinski definition) is 1. The third kappa shape index (κ3) is 6.00. The van der Waals surface area contributed by atoms with Crippen LogP contribution >= 0.6 is 0 Å². The Bertz CT molecular complexity index is 831. The third-order valence-corrected chi connectivity index (χ3v) is 4.28. The van der Waals surface area contributed by atoms with Crippen LogP contribution in [0.5, 0.6) is 11.5 Å². The van der Waals surface area contributed by atoms with Crippen LogP contribution in [0.2, 0.25) is 0 Å². The molecule has 0 aromatic heterocycles. The molecule has 0 bridgehead atoms. The molecule has 0 fully saturated rings. The quantitative estimate of drug-likeness (QED) is 0.675. The van der Waals surface area contributed by atoms with Crippen molar-refractivity contribution in [1.29, 1.82) is 0 Å². The van der Waals surface area contributed by atoms with Gasteiger partial charge in [0, 0.05) is 12.1 Å². The van der Waals surface area contributed by atoms with Gasteiger partial charge in [-0.2, -0.15) is 0 Å². The molecule has 0 saturated heterocycles. The second-order valence-corrected chi connectivity index (χ2v) is 6.37. The van der Waals surface area contributed by atoms with Crippen molar-refractivity contribution in [2.24, 2.45) is 0 Å². The number of hydrogen-bond acceptors (Lipinski definition) is 4. The molecule has 1 unspecified atom stereocenters. The summed E-state index contributed by atoms with van der Waals surface area (Å²) in [5, 5.41) is 2.96. The number of nitrogens with one attached hydrogen (secondary N) is 1. The van der Waals surface area contributed by atoms with Gasteiger partial charge >= 0.3 is 0 Å². The standard InChI is InChI=1S/C22H25FN2O3/c1-5-12-25(14-17-6-8-18(23)9-7-17)15-22(26)24-16(2)20-13-19(27-3)10-11-21(20)28-4/h1,6-11,13,16H,12,14-15H2,2-4H3,(H,24,26). The Labute approximate surface area is 165 Å². The van der Waals surface area contributed by atoms with Gasteiger partial charge in [0.25, 0.3) is 0 Å². The molecule has 5 nitrogen and oxygen atoms in total. The highest BCUT2D eigenvalue weighted by molar-refractivity contribution is 5.78. The van der Waals surface area contributed by atoms with E-state index in [0.717, 1.165) is 11.1 Å². The van der Waals surface area contributed by atoms with Crippen LogP contribution in [0.25, 0.3) is 0 Å². The minimum Gasteiger partial charge on any atom is -0.497 e. The molecule has 1 amide bonds. The normalized spacial score (nSPS) is 11.6. The summed E-state index contributed by atoms with van der Waals surface area (Å²) < 4.78 is 23.7. The van der Waals surface area contributed by atoms with E-state index in [1.54, 1.807) is 38.5 Å². The number of carbonyl (C=O) groups excluding carboxylic acids is 1. The first-order chi connectivity index (χ1) is 13.5. The predicted octanol–water partition coefficient (Wildman–Crippen LogP) is 3.16. The van der Waals surface area contributed by atoms with E-state index in [2.05, 4.69) is 11.2 Å². The number of methoxy groups -OCH3 is 2. The minimum atomic E-state index is -0.300. The molecule has 28 heavy (non-hydrogen) atoms. The summed E-state index contributed by atoms with van der Waals surface area (Å²) in [7, 11) is 3.17. The van der Waals surface area contributed by atoms with Crippen molar-refractivity contribution in [3.63, 3.8) is 0 Å². The van der Waals surface area contributed by atoms with Crippen molar-refractivity contribution in [3.05, 3.63) is 59.4 Å². The van der Waals surface area contributed by atoms with Gasteiger partial charge in [-0.25, -0.2) is 4.39 Å². The molecule has 0 saturated carbocycles. The average Bonchev–Trinajstić information content (AvgIpc) is 2.69. The van der Waals surface area contributed by atoms with E-state index in [0.29, 0.717) is 24.6 Å².